The summed E-state index contributed by atoms with van der Waals surface area (Å²) in [6.07, 6.45) is -18.5. The van der Waals surface area contributed by atoms with Crippen LogP contribution in [0.1, 0.15) is 53.2 Å². The highest BCUT2D eigenvalue weighted by Gasteiger charge is 2.66. The number of carboxylic acid groups (broad SMARTS) is 3. The van der Waals surface area contributed by atoms with Crippen LogP contribution in [0.25, 0.3) is 0 Å². The smallest absolute Gasteiger partial charge is 0.330 e. The van der Waals surface area contributed by atoms with Crippen LogP contribution in [0, 0.1) is 0 Å². The third kappa shape index (κ3) is 23.9. The number of hydrogen-bond acceptors (Lipinski definition) is 39. The van der Waals surface area contributed by atoms with Gasteiger partial charge in [0, 0.05) is 4.28 Å². The van der Waals surface area contributed by atoms with Crippen molar-refractivity contribution in [1.82, 2.24) is 36.5 Å². The highest BCUT2D eigenvalue weighted by Crippen LogP contribution is 2.39. The molecule has 0 aromatic heterocycles. The van der Waals surface area contributed by atoms with E-state index >= 15 is 0 Å². The number of fused-ring (bicyclic) bond motifs is 2. The van der Waals surface area contributed by atoms with Crippen LogP contribution in [0.15, 0.2) is 97.1 Å². The zero-order chi connectivity index (χ0) is 88.5. The molecule has 664 valence electrons. The van der Waals surface area contributed by atoms with Gasteiger partial charge in [-0.1, -0.05) is 61.9 Å². The van der Waals surface area contributed by atoms with Crippen molar-refractivity contribution in [2.75, 3.05) is 39.5 Å². The largest absolute Gasteiger partial charge is 0.508 e. The second-order valence-electron chi connectivity index (χ2n) is 29.1. The molecule has 5 fully saturated rings. The molecule has 46 heteroatoms. The minimum Gasteiger partial charge on any atom is -0.508 e. The summed E-state index contributed by atoms with van der Waals surface area (Å²) in [5.74, 6) is -8.96. The van der Waals surface area contributed by atoms with Gasteiger partial charge in [0.15, 0.2) is 12.3 Å². The van der Waals surface area contributed by atoms with E-state index in [0.29, 0.717) is 33.7 Å². The number of β-amino-alcohol motifs (C(OH)–C–C–N with tert-alkyl or cyclic N) is 2. The molecule has 46 nitrogen and oxygen atoms in total. The van der Waals surface area contributed by atoms with Gasteiger partial charge in [-0.2, -0.15) is 15.2 Å². The number of unbranched alkanes of at least 4 members (excludes halogenated alkanes) is 1. The molecule has 4 amide bonds. The van der Waals surface area contributed by atoms with E-state index in [9.17, 15) is 161 Å². The minimum atomic E-state index is -2.50. The molecule has 36 N–H and O–H groups in total. The Balaban J connectivity index is 0.000000414. The Morgan fingerprint density at radius 3 is 1.14 bits per heavy atom. The fourth-order valence-electron chi connectivity index (χ4n) is 13.3. The number of amides is 4. The molecule has 0 spiro atoms. The van der Waals surface area contributed by atoms with Crippen molar-refractivity contribution in [1.29, 1.82) is 0 Å². The molecule has 118 heavy (non-hydrogen) atoms. The second-order valence-corrected chi connectivity index (χ2v) is 29.1. The number of benzene rings is 4. The Hall–Kier alpha value is -9.20. The van der Waals surface area contributed by atoms with Gasteiger partial charge in [0.1, 0.15) is 119 Å². The van der Waals surface area contributed by atoms with Crippen LogP contribution in [0.2, 0.25) is 0 Å². The maximum atomic E-state index is 12.8. The number of carbonyl (C=O) groups excluding carboxylic acids is 5. The molecule has 4 aromatic rings. The van der Waals surface area contributed by atoms with Gasteiger partial charge in [-0.25, -0.2) is 19.2 Å². The zero-order valence-corrected chi connectivity index (χ0v) is 63.4. The average Bonchev–Trinajstić information content (AvgIpc) is 1.72. The first kappa shape index (κ1) is 97.6. The van der Waals surface area contributed by atoms with Crippen LogP contribution >= 0.6 is 0 Å². The number of carbonyl (C=O) groups is 8. The molecule has 0 radical (unpaired) electrons. The second kappa shape index (κ2) is 42.6. The van der Waals surface area contributed by atoms with Crippen LogP contribution < -0.4 is 44.2 Å². The summed E-state index contributed by atoms with van der Waals surface area (Å²) >= 11 is 0. The number of aliphatic hydroxyl groups excluding tert-OH is 11. The monoisotopic (exact) mass is 1690 g/mol. The van der Waals surface area contributed by atoms with Crippen LogP contribution in [-0.4, -0.2) is 382 Å². The fourth-order valence-corrected chi connectivity index (χ4v) is 13.3. The number of carboxylic acids is 3. The van der Waals surface area contributed by atoms with Crippen molar-refractivity contribution in [2.24, 2.45) is 22.9 Å². The highest BCUT2D eigenvalue weighted by atomic mass is 16.6. The number of aliphatic carboxylic acids is 3. The van der Waals surface area contributed by atoms with Gasteiger partial charge in [-0.3, -0.25) is 19.2 Å². The lowest BCUT2D eigenvalue weighted by atomic mass is 9.80. The number of phenols is 4. The zero-order valence-electron chi connectivity index (χ0n) is 63.4. The number of ether oxygens (including phenoxy) is 3. The maximum Gasteiger partial charge on any atom is 0.330 e. The van der Waals surface area contributed by atoms with Crippen LogP contribution in [0.5, 0.6) is 23.0 Å². The number of esters is 1. The number of nitrogens with two attached hydrogens (primary N) is 4. The number of phenolic OH excluding ortho intramolecular Hbond substituents is 4. The Bertz CT molecular complexity index is 3980. The summed E-state index contributed by atoms with van der Waals surface area (Å²) in [6.45, 7) is -0.712. The predicted molar refractivity (Wildman–Crippen MR) is 401 cm³/mol. The summed E-state index contributed by atoms with van der Waals surface area (Å²) in [6, 6.07) is 6.87. The molecule has 5 saturated heterocycles. The van der Waals surface area contributed by atoms with Crippen LogP contribution in [0.3, 0.4) is 0 Å². The van der Waals surface area contributed by atoms with E-state index in [1.54, 1.807) is 36.4 Å². The summed E-state index contributed by atoms with van der Waals surface area (Å²) in [5, 5.41) is 247. The maximum absolute atomic E-state index is 12.8. The van der Waals surface area contributed by atoms with Crippen LogP contribution in [-0.2, 0) is 78.3 Å². The number of hydroxylamine groups is 6. The van der Waals surface area contributed by atoms with Crippen molar-refractivity contribution < 1.29 is 180 Å². The van der Waals surface area contributed by atoms with Crippen molar-refractivity contribution in [2.45, 2.75) is 209 Å². The summed E-state index contributed by atoms with van der Waals surface area (Å²) in [4.78, 5) is 97.7. The Morgan fingerprint density at radius 1 is 0.483 bits per heavy atom. The van der Waals surface area contributed by atoms with Gasteiger partial charge in [0.2, 0.25) is 23.6 Å². The first-order chi connectivity index (χ1) is 55.2. The summed E-state index contributed by atoms with van der Waals surface area (Å²) in [7, 11) is 0. The van der Waals surface area contributed by atoms with Crippen molar-refractivity contribution in [3.63, 3.8) is 0 Å². The van der Waals surface area contributed by atoms with Gasteiger partial charge < -0.3 is 181 Å². The van der Waals surface area contributed by atoms with E-state index in [4.69, 9.17) is 37.1 Å². The average molecular weight is 1690 g/mol. The lowest BCUT2D eigenvalue weighted by Gasteiger charge is -2.48. The molecular formula is C72H111N11O35. The molecule has 0 aliphatic carbocycles. The van der Waals surface area contributed by atoms with E-state index in [1.807, 2.05) is 6.92 Å². The van der Waals surface area contributed by atoms with Gasteiger partial charge in [-0.05, 0) is 110 Å². The summed E-state index contributed by atoms with van der Waals surface area (Å²) < 4.78 is 15.5. The van der Waals surface area contributed by atoms with Crippen LogP contribution in [0.4, 0.5) is 0 Å². The lowest BCUT2D eigenvalue weighted by molar-refractivity contribution is -0.298. The lowest BCUT2D eigenvalue weighted by Crippen LogP contribution is -2.74. The SMILES string of the molecule is CCCCOC(=O)[C@@H](NC(=O)[C@@H](N)Cc1ccc(O)cc1)[C@H]1[C@H](O)[C@](O)(CO)[C@@H](O)CN1O.C[C@H]1O[C@@H]([C@H](NC(=O)[C@@H](N)Cc2ccc(O)cc2)C(=O)O)[C@H](O)[C@@H](O)[C@H]1O.N[C@@H](Cc1ccc(O)cc1)C(=O)N[C@H](C(=O)O)[C@H]1[C@H](O)[C@](O)(CO)[C@@H](O)CN1O.N[C@@H](Cc1ccc(O)cc1)C(=O)N[C@H](C(=O)O)[C@H]1[C@H](O)[C@]2(O)CO[C@@H]([C@@H]2O)N1O.[HH].[HH].[HH]. The molecule has 5 aliphatic heterocycles. The molecule has 0 unspecified atom stereocenters. The van der Waals surface area contributed by atoms with Crippen molar-refractivity contribution in [3.05, 3.63) is 119 Å². The quantitative estimate of drug-likeness (QED) is 0.0177. The van der Waals surface area contributed by atoms with E-state index in [1.165, 1.54) is 67.6 Å². The van der Waals surface area contributed by atoms with E-state index in [2.05, 4.69) is 21.3 Å². The molecule has 9 rings (SSSR count). The predicted octanol–water partition coefficient (Wildman–Crippen LogP) is -10.9. The molecule has 5 aliphatic rings. The normalized spacial score (nSPS) is 30.3. The third-order valence-electron chi connectivity index (χ3n) is 20.6. The molecule has 4 aromatic carbocycles. The topological polar surface area (TPSA) is 812 Å². The first-order valence-electron chi connectivity index (χ1n) is 36.6. The Morgan fingerprint density at radius 2 is 0.805 bits per heavy atom. The number of aromatic hydroxyl groups is 4. The number of rotatable bonds is 29. The molecular weight excluding hydrogens is 1580 g/mol. The van der Waals surface area contributed by atoms with Crippen molar-refractivity contribution in [3.8, 4) is 23.0 Å². The number of nitrogens with zero attached hydrogens (tertiary/aromatic N) is 3. The van der Waals surface area contributed by atoms with Gasteiger partial charge in [-0.15, -0.1) is 0 Å². The summed E-state index contributed by atoms with van der Waals surface area (Å²) in [5.41, 5.74) is 18.7. The molecule has 2 bridgehead atoms. The molecule has 0 saturated carbocycles. The first-order valence-corrected chi connectivity index (χ1v) is 36.6. The third-order valence-corrected chi connectivity index (χ3v) is 20.6. The van der Waals surface area contributed by atoms with Gasteiger partial charge >= 0.3 is 23.9 Å². The number of nitrogens with one attached hydrogen (secondary N) is 4. The fraction of sp³-hybridized carbons (Fsp3) is 0.556. The molecule has 5 heterocycles. The Labute approximate surface area is 675 Å². The van der Waals surface area contributed by atoms with E-state index in [0.717, 1.165) is 6.42 Å². The number of piperidine rings is 3. The molecule has 26 atom stereocenters. The van der Waals surface area contributed by atoms with E-state index in [-0.39, 0.29) is 69.7 Å². The van der Waals surface area contributed by atoms with E-state index < -0.39 is 237 Å². The van der Waals surface area contributed by atoms with Crippen molar-refractivity contribution >= 4 is 47.5 Å². The highest BCUT2D eigenvalue weighted by molar-refractivity contribution is 5.90. The Kier molecular flexibility index (Phi) is 35.3. The number of hydrogen-bond donors (Lipinski definition) is 32. The van der Waals surface area contributed by atoms with Gasteiger partial charge in [0.05, 0.1) is 87.9 Å². The number of aliphatic hydroxyl groups is 14. The van der Waals surface area contributed by atoms with Gasteiger partial charge in [0.25, 0.3) is 0 Å². The minimum absolute atomic E-state index is 0. The standard InChI is InChI=1S/C21H33N3O9.C17H23N3O9.C17H25N3O9.C17H24N2O8.3H2/c1-2-3-8-33-20(30)16(17-18(28)21(31,11-25)15(27)10-24(17)32)23-19(29)14(22)9-12-4-6-13(26)7-5-12;18-9(5-7-1-3-8(21)4-2-7)14(24)19-10(16(25)26)11-12(22)17(27)6-29-15(13(17)23)20(11)28;18-10(5-8-1-3-9(22)4-2-8)15(25)19-12(16(26)27)13-14(24)17(28,7-21)11(23)6-20(13)29;1-7-12(21)13(22)14(23)15(27-7)11(17(25)26)19-16(24)10(18)6-8-2-4-9(20)5-3-8;;;/h4-7,14-18,25-28,31-32H,2-3,8-11,22H2,1H3,(H,23,29);1-4,9-13,15,21-23,27-28H,5-6,18H2,(H,19,24)(H,25,26);1-4,10-14,21-24,28-29H,5-7,18H2,(H,19,25)(H,26,27);2-5,7,10-15,20-23H,6,18H2,1H3,(H,19,24)(H,25,26);3*1H/t14-,15-,16-,17-,18-,21-;9-,10-,11-,12-,13-,15-,17+;10-,11-,12-,13-,14-,17-;7-,10+,11+,12+,13+,14-,15+;;;/m0001.../s1.